The lowest BCUT2D eigenvalue weighted by atomic mass is 9.83. The molecule has 108 valence electrons. The molecule has 6 nitrogen and oxygen atoms in total. The van der Waals surface area contributed by atoms with Crippen molar-refractivity contribution in [3.63, 3.8) is 0 Å². The van der Waals surface area contributed by atoms with Crippen LogP contribution in [0, 0.1) is 15.5 Å². The molecule has 0 aromatic heterocycles. The average molecular weight is 342 g/mol. The number of nitrogens with zero attached hydrogens (tertiary/aromatic N) is 1. The number of carbonyl (C=O) groups is 1. The van der Waals surface area contributed by atoms with Gasteiger partial charge in [0.1, 0.15) is 0 Å². The van der Waals surface area contributed by atoms with E-state index in [9.17, 15) is 14.9 Å². The molecular formula is C13H16BrN3O3. The maximum atomic E-state index is 12.4. The van der Waals surface area contributed by atoms with Crippen molar-refractivity contribution in [2.45, 2.75) is 19.8 Å². The lowest BCUT2D eigenvalue weighted by Crippen LogP contribution is -2.37. The van der Waals surface area contributed by atoms with Gasteiger partial charge in [0.25, 0.3) is 5.69 Å². The Morgan fingerprint density at radius 2 is 2.35 bits per heavy atom. The van der Waals surface area contributed by atoms with Gasteiger partial charge in [-0.1, -0.05) is 6.92 Å². The molecule has 1 unspecified atom stereocenters. The van der Waals surface area contributed by atoms with Gasteiger partial charge >= 0.3 is 0 Å². The smallest absolute Gasteiger partial charge is 0.283 e. The Kier molecular flexibility index (Phi) is 4.39. The van der Waals surface area contributed by atoms with Crippen molar-refractivity contribution in [3.8, 4) is 0 Å². The Labute approximate surface area is 125 Å². The molecule has 2 rings (SSSR count). The highest BCUT2D eigenvalue weighted by Crippen LogP contribution is 2.32. The minimum Gasteiger partial charge on any atom is -0.326 e. The number of hydrogen-bond acceptors (Lipinski definition) is 4. The minimum absolute atomic E-state index is 0.0178. The summed E-state index contributed by atoms with van der Waals surface area (Å²) in [4.78, 5) is 22.7. The van der Waals surface area contributed by atoms with E-state index in [0.717, 1.165) is 19.4 Å². The van der Waals surface area contributed by atoms with E-state index in [-0.39, 0.29) is 17.0 Å². The Morgan fingerprint density at radius 1 is 1.60 bits per heavy atom. The molecule has 1 heterocycles. The van der Waals surface area contributed by atoms with Crippen LogP contribution in [0.15, 0.2) is 22.7 Å². The molecule has 7 heteroatoms. The van der Waals surface area contributed by atoms with E-state index >= 15 is 0 Å². The molecule has 0 saturated carbocycles. The highest BCUT2D eigenvalue weighted by Gasteiger charge is 2.39. The molecule has 0 aliphatic carbocycles. The first kappa shape index (κ1) is 14.9. The van der Waals surface area contributed by atoms with Crippen LogP contribution in [0.2, 0.25) is 0 Å². The molecule has 0 bridgehead atoms. The number of benzene rings is 1. The zero-order chi connectivity index (χ0) is 14.8. The van der Waals surface area contributed by atoms with Crippen LogP contribution in [0.25, 0.3) is 0 Å². The number of nitro benzene ring substituents is 1. The summed E-state index contributed by atoms with van der Waals surface area (Å²) in [5.41, 5.74) is 0.164. The van der Waals surface area contributed by atoms with Crippen molar-refractivity contribution in [1.29, 1.82) is 0 Å². The summed E-state index contributed by atoms with van der Waals surface area (Å²) in [6, 6.07) is 4.49. The third-order valence-electron chi connectivity index (χ3n) is 3.80. The van der Waals surface area contributed by atoms with Gasteiger partial charge in [0.2, 0.25) is 5.91 Å². The topological polar surface area (TPSA) is 84.3 Å². The van der Waals surface area contributed by atoms with Gasteiger partial charge in [-0.3, -0.25) is 14.9 Å². The summed E-state index contributed by atoms with van der Waals surface area (Å²) in [6.45, 7) is 3.51. The molecule has 0 spiro atoms. The molecule has 20 heavy (non-hydrogen) atoms. The van der Waals surface area contributed by atoms with Crippen molar-refractivity contribution in [3.05, 3.63) is 32.8 Å². The molecule has 1 aliphatic heterocycles. The van der Waals surface area contributed by atoms with Crippen LogP contribution in [-0.2, 0) is 4.79 Å². The Balaban J connectivity index is 2.16. The molecule has 1 fully saturated rings. The Morgan fingerprint density at radius 3 is 2.85 bits per heavy atom. The van der Waals surface area contributed by atoms with Gasteiger partial charge in [-0.15, -0.1) is 0 Å². The predicted octanol–water partition coefficient (Wildman–Crippen LogP) is 2.69. The molecule has 1 atom stereocenters. The van der Waals surface area contributed by atoms with Crippen LogP contribution in [0.3, 0.4) is 0 Å². The summed E-state index contributed by atoms with van der Waals surface area (Å²) in [6.07, 6.45) is 1.57. The normalized spacial score (nSPS) is 21.7. The van der Waals surface area contributed by atoms with Gasteiger partial charge in [0.15, 0.2) is 0 Å². The fraction of sp³-hybridized carbons (Fsp3) is 0.462. The van der Waals surface area contributed by atoms with Crippen LogP contribution >= 0.6 is 15.9 Å². The van der Waals surface area contributed by atoms with Gasteiger partial charge in [0.05, 0.1) is 14.8 Å². The van der Waals surface area contributed by atoms with Crippen molar-refractivity contribution in [2.24, 2.45) is 5.41 Å². The van der Waals surface area contributed by atoms with Crippen LogP contribution < -0.4 is 10.6 Å². The van der Waals surface area contributed by atoms with E-state index in [1.54, 1.807) is 12.1 Å². The molecular weight excluding hydrogens is 326 g/mol. The number of amides is 1. The van der Waals surface area contributed by atoms with Crippen LogP contribution in [0.5, 0.6) is 0 Å². The highest BCUT2D eigenvalue weighted by molar-refractivity contribution is 9.10. The van der Waals surface area contributed by atoms with E-state index in [4.69, 9.17) is 0 Å². The van der Waals surface area contributed by atoms with Gasteiger partial charge in [0, 0.05) is 18.3 Å². The number of carbonyl (C=O) groups excluding carboxylic acids is 1. The van der Waals surface area contributed by atoms with Crippen LogP contribution in [0.4, 0.5) is 11.4 Å². The highest BCUT2D eigenvalue weighted by atomic mass is 79.9. The Hall–Kier alpha value is -1.47. The molecule has 1 aliphatic rings. The second kappa shape index (κ2) is 5.88. The second-order valence-corrected chi connectivity index (χ2v) is 5.79. The summed E-state index contributed by atoms with van der Waals surface area (Å²) >= 11 is 3.15. The van der Waals surface area contributed by atoms with Crippen LogP contribution in [-0.4, -0.2) is 23.9 Å². The number of anilines is 1. The van der Waals surface area contributed by atoms with Gasteiger partial charge in [-0.05, 0) is 47.4 Å². The van der Waals surface area contributed by atoms with E-state index < -0.39 is 4.92 Å². The fourth-order valence-corrected chi connectivity index (χ4v) is 2.92. The minimum atomic E-state index is -0.468. The maximum Gasteiger partial charge on any atom is 0.283 e. The third-order valence-corrected chi connectivity index (χ3v) is 4.44. The predicted molar refractivity (Wildman–Crippen MR) is 79.6 cm³/mol. The van der Waals surface area contributed by atoms with E-state index in [1.165, 1.54) is 6.07 Å². The number of halogens is 1. The average Bonchev–Trinajstić information content (AvgIpc) is 2.88. The van der Waals surface area contributed by atoms with Gasteiger partial charge in [-0.25, -0.2) is 0 Å². The third kappa shape index (κ3) is 2.83. The zero-order valence-electron chi connectivity index (χ0n) is 11.1. The maximum absolute atomic E-state index is 12.4. The molecule has 1 aromatic rings. The first-order valence-corrected chi connectivity index (χ1v) is 7.24. The number of nitro groups is 1. The molecule has 1 saturated heterocycles. The lowest BCUT2D eigenvalue weighted by Gasteiger charge is -2.25. The lowest BCUT2D eigenvalue weighted by molar-refractivity contribution is -0.385. The van der Waals surface area contributed by atoms with Gasteiger partial charge < -0.3 is 10.6 Å². The SMILES string of the molecule is CCC1(C(=O)Nc2ccc([N+](=O)[O-])c(Br)c2)CCNC1. The van der Waals surface area contributed by atoms with Gasteiger partial charge in [-0.2, -0.15) is 0 Å². The quantitative estimate of drug-likeness (QED) is 0.651. The van der Waals surface area contributed by atoms with Crippen LogP contribution in [0.1, 0.15) is 19.8 Å². The summed E-state index contributed by atoms with van der Waals surface area (Å²) in [5.74, 6) is -0.0363. The summed E-state index contributed by atoms with van der Waals surface area (Å²) in [5, 5.41) is 16.8. The Bertz CT molecular complexity index is 542. The monoisotopic (exact) mass is 341 g/mol. The molecule has 0 radical (unpaired) electrons. The molecule has 1 aromatic carbocycles. The zero-order valence-corrected chi connectivity index (χ0v) is 12.7. The first-order chi connectivity index (χ1) is 9.48. The van der Waals surface area contributed by atoms with Crippen molar-refractivity contribution in [2.75, 3.05) is 18.4 Å². The fourth-order valence-electron chi connectivity index (χ4n) is 2.40. The number of rotatable bonds is 4. The van der Waals surface area contributed by atoms with E-state index in [1.807, 2.05) is 6.92 Å². The largest absolute Gasteiger partial charge is 0.326 e. The number of nitrogens with one attached hydrogen (secondary N) is 2. The van der Waals surface area contributed by atoms with E-state index in [0.29, 0.717) is 16.7 Å². The molecule has 2 N–H and O–H groups in total. The van der Waals surface area contributed by atoms with E-state index in [2.05, 4.69) is 26.6 Å². The van der Waals surface area contributed by atoms with Crippen molar-refractivity contribution in [1.82, 2.24) is 5.32 Å². The standard InChI is InChI=1S/C13H16BrN3O3/c1-2-13(5-6-15-8-13)12(18)16-9-3-4-11(17(19)20)10(14)7-9/h3-4,7,15H,2,5-6,8H2,1H3,(H,16,18). The first-order valence-electron chi connectivity index (χ1n) is 6.44. The number of hydrogen-bond donors (Lipinski definition) is 2. The summed E-state index contributed by atoms with van der Waals surface area (Å²) in [7, 11) is 0. The second-order valence-electron chi connectivity index (χ2n) is 4.94. The molecule has 1 amide bonds. The van der Waals surface area contributed by atoms with Crippen molar-refractivity contribution < 1.29 is 9.72 Å². The van der Waals surface area contributed by atoms with Crippen molar-refractivity contribution >= 4 is 33.2 Å². The summed E-state index contributed by atoms with van der Waals surface area (Å²) < 4.78 is 0.357.